The zero-order valence-electron chi connectivity index (χ0n) is 28.5. The molecule has 0 radical (unpaired) electrons. The second-order valence-electron chi connectivity index (χ2n) is 11.3. The molecule has 3 heterocycles. The molecule has 0 aliphatic heterocycles. The van der Waals surface area contributed by atoms with Gasteiger partial charge >= 0.3 is 0 Å². The molecule has 0 saturated carbocycles. The highest BCUT2D eigenvalue weighted by Crippen LogP contribution is 2.30. The van der Waals surface area contributed by atoms with Crippen molar-refractivity contribution < 1.29 is 24.1 Å². The van der Waals surface area contributed by atoms with Crippen molar-refractivity contribution in [3.8, 4) is 28.8 Å². The first kappa shape index (κ1) is 35.8. The summed E-state index contributed by atoms with van der Waals surface area (Å²) in [5, 5.41) is 13.1. The standard InChI is InChI=1S/C36H39ClN8O5/c1-23-40-35(43-36(41-23)45(19-25-6-11-29(48-3)12-7-25)20-26-8-13-30(49-4)14-9-26)31-16-27(21-44(24(2)46)22-32(37)47)17-39-34(31)42-28-10-15-33(50-5)38-18-28/h6-18,32,47H,19-22H2,1-5H3,(H,39,42). The van der Waals surface area contributed by atoms with Crippen molar-refractivity contribution in [1.29, 1.82) is 0 Å². The van der Waals surface area contributed by atoms with E-state index in [9.17, 15) is 9.90 Å². The van der Waals surface area contributed by atoms with Crippen LogP contribution in [0.5, 0.6) is 17.4 Å². The Balaban J connectivity index is 1.58. The summed E-state index contributed by atoms with van der Waals surface area (Å²) in [6, 6.07) is 21.1. The Labute approximate surface area is 295 Å². The number of methoxy groups -OCH3 is 3. The second kappa shape index (κ2) is 16.7. The lowest BCUT2D eigenvalue weighted by atomic mass is 10.1. The van der Waals surface area contributed by atoms with E-state index in [0.29, 0.717) is 59.2 Å². The fourth-order valence-corrected chi connectivity index (χ4v) is 5.28. The predicted molar refractivity (Wildman–Crippen MR) is 191 cm³/mol. The van der Waals surface area contributed by atoms with Gasteiger partial charge in [0, 0.05) is 38.8 Å². The summed E-state index contributed by atoms with van der Waals surface area (Å²) in [5.74, 6) is 3.53. The molecule has 1 amide bonds. The van der Waals surface area contributed by atoms with E-state index in [1.54, 1.807) is 39.8 Å². The van der Waals surface area contributed by atoms with E-state index in [0.717, 1.165) is 22.6 Å². The molecule has 5 rings (SSSR count). The fourth-order valence-electron chi connectivity index (χ4n) is 5.11. The molecule has 0 saturated heterocycles. The third-order valence-corrected chi connectivity index (χ3v) is 7.80. The van der Waals surface area contributed by atoms with Crippen molar-refractivity contribution in [1.82, 2.24) is 29.8 Å². The molecular formula is C36H39ClN8O5. The van der Waals surface area contributed by atoms with Gasteiger partial charge in [0.2, 0.25) is 17.7 Å². The van der Waals surface area contributed by atoms with Gasteiger partial charge in [-0.05, 0) is 60.0 Å². The zero-order valence-corrected chi connectivity index (χ0v) is 29.3. The summed E-state index contributed by atoms with van der Waals surface area (Å²) >= 11 is 5.83. The van der Waals surface area contributed by atoms with E-state index in [4.69, 9.17) is 45.7 Å². The Morgan fingerprint density at radius 2 is 1.46 bits per heavy atom. The lowest BCUT2D eigenvalue weighted by Gasteiger charge is -2.24. The average Bonchev–Trinajstić information content (AvgIpc) is 3.12. The SMILES string of the molecule is COc1ccc(CN(Cc2ccc(OC)cc2)c2nc(C)nc(-c3cc(CN(CC(O)Cl)C(C)=O)cnc3Nc3ccc(OC)nc3)n2)cc1. The first-order chi connectivity index (χ1) is 24.1. The summed E-state index contributed by atoms with van der Waals surface area (Å²) in [4.78, 5) is 39.4. The van der Waals surface area contributed by atoms with Crippen LogP contribution in [0.15, 0.2) is 79.1 Å². The van der Waals surface area contributed by atoms with Gasteiger partial charge in [-0.15, -0.1) is 0 Å². The van der Waals surface area contributed by atoms with Crippen molar-refractivity contribution in [3.63, 3.8) is 0 Å². The molecule has 13 nitrogen and oxygen atoms in total. The van der Waals surface area contributed by atoms with E-state index in [1.165, 1.54) is 11.8 Å². The maximum atomic E-state index is 12.4. The van der Waals surface area contributed by atoms with Crippen LogP contribution in [0, 0.1) is 6.92 Å². The number of amides is 1. The number of hydrogen-bond acceptors (Lipinski definition) is 12. The molecule has 1 atom stereocenters. The molecule has 5 aromatic rings. The molecule has 0 fully saturated rings. The smallest absolute Gasteiger partial charge is 0.229 e. The number of pyridine rings is 2. The Hall–Kier alpha value is -5.53. The van der Waals surface area contributed by atoms with Gasteiger partial charge in [-0.2, -0.15) is 9.97 Å². The van der Waals surface area contributed by atoms with Crippen molar-refractivity contribution in [2.75, 3.05) is 38.1 Å². The molecule has 2 N–H and O–H groups in total. The highest BCUT2D eigenvalue weighted by atomic mass is 35.5. The Kier molecular flexibility index (Phi) is 12.0. The van der Waals surface area contributed by atoms with Gasteiger partial charge in [-0.1, -0.05) is 35.9 Å². The number of anilines is 3. The van der Waals surface area contributed by atoms with E-state index < -0.39 is 5.56 Å². The van der Waals surface area contributed by atoms with Crippen LogP contribution in [0.1, 0.15) is 29.4 Å². The highest BCUT2D eigenvalue weighted by molar-refractivity contribution is 6.19. The molecule has 260 valence electrons. The maximum absolute atomic E-state index is 12.4. The number of hydrogen-bond donors (Lipinski definition) is 2. The minimum atomic E-state index is -1.22. The average molecular weight is 699 g/mol. The third kappa shape index (κ3) is 9.55. The van der Waals surface area contributed by atoms with Gasteiger partial charge in [-0.3, -0.25) is 4.79 Å². The van der Waals surface area contributed by atoms with Crippen LogP contribution >= 0.6 is 11.6 Å². The fraction of sp³-hybridized carbons (Fsp3) is 0.278. The number of nitrogens with zero attached hydrogens (tertiary/aromatic N) is 7. The van der Waals surface area contributed by atoms with Crippen molar-refractivity contribution in [2.24, 2.45) is 0 Å². The number of carbonyl (C=O) groups excluding carboxylic acids is 1. The quantitative estimate of drug-likeness (QED) is 0.133. The van der Waals surface area contributed by atoms with Gasteiger partial charge in [0.1, 0.15) is 28.7 Å². The Morgan fingerprint density at radius 1 is 0.820 bits per heavy atom. The summed E-state index contributed by atoms with van der Waals surface area (Å²) < 4.78 is 15.9. The number of aliphatic hydroxyl groups is 1. The van der Waals surface area contributed by atoms with Gasteiger partial charge in [0.25, 0.3) is 0 Å². The van der Waals surface area contributed by atoms with Gasteiger partial charge in [-0.25, -0.2) is 15.0 Å². The molecule has 0 aliphatic carbocycles. The number of ether oxygens (including phenoxy) is 3. The first-order valence-electron chi connectivity index (χ1n) is 15.7. The van der Waals surface area contributed by atoms with Gasteiger partial charge in [0.15, 0.2) is 5.82 Å². The first-order valence-corrected chi connectivity index (χ1v) is 16.1. The molecule has 3 aromatic heterocycles. The normalized spacial score (nSPS) is 11.4. The Morgan fingerprint density at radius 3 is 1.98 bits per heavy atom. The molecule has 0 bridgehead atoms. The molecule has 0 aliphatic rings. The Bertz CT molecular complexity index is 1830. The van der Waals surface area contributed by atoms with Crippen LogP contribution in [0.25, 0.3) is 11.4 Å². The summed E-state index contributed by atoms with van der Waals surface area (Å²) in [5.41, 5.74) is 2.75. The maximum Gasteiger partial charge on any atom is 0.229 e. The number of carbonyl (C=O) groups is 1. The van der Waals surface area contributed by atoms with E-state index >= 15 is 0 Å². The monoisotopic (exact) mass is 698 g/mol. The number of nitrogens with one attached hydrogen (secondary N) is 1. The molecule has 2 aromatic carbocycles. The number of alkyl halides is 1. The lowest BCUT2D eigenvalue weighted by Crippen LogP contribution is -2.33. The van der Waals surface area contributed by atoms with Crippen LogP contribution in [0.2, 0.25) is 0 Å². The predicted octanol–water partition coefficient (Wildman–Crippen LogP) is 5.52. The molecular weight excluding hydrogens is 660 g/mol. The van der Waals surface area contributed by atoms with E-state index in [-0.39, 0.29) is 19.0 Å². The van der Waals surface area contributed by atoms with Crippen molar-refractivity contribution in [2.45, 2.75) is 39.0 Å². The molecule has 50 heavy (non-hydrogen) atoms. The van der Waals surface area contributed by atoms with Crippen molar-refractivity contribution in [3.05, 3.63) is 102 Å². The summed E-state index contributed by atoms with van der Waals surface area (Å²) in [6.45, 7) is 4.32. The lowest BCUT2D eigenvalue weighted by molar-refractivity contribution is -0.130. The minimum absolute atomic E-state index is 0.0512. The van der Waals surface area contributed by atoms with Crippen LogP contribution in [0.4, 0.5) is 17.5 Å². The van der Waals surface area contributed by atoms with Gasteiger partial charge < -0.3 is 34.4 Å². The summed E-state index contributed by atoms with van der Waals surface area (Å²) in [6.07, 6.45) is 3.28. The summed E-state index contributed by atoms with van der Waals surface area (Å²) in [7, 11) is 4.82. The van der Waals surface area contributed by atoms with E-state index in [1.807, 2.05) is 67.6 Å². The number of aromatic nitrogens is 5. The van der Waals surface area contributed by atoms with Crippen LogP contribution in [0.3, 0.4) is 0 Å². The van der Waals surface area contributed by atoms with E-state index in [2.05, 4.69) is 15.2 Å². The van der Waals surface area contributed by atoms with Crippen LogP contribution in [-0.2, 0) is 24.4 Å². The minimum Gasteiger partial charge on any atom is -0.497 e. The second-order valence-corrected chi connectivity index (χ2v) is 11.9. The van der Waals surface area contributed by atoms with Crippen LogP contribution in [-0.4, -0.2) is 74.3 Å². The number of halogens is 1. The largest absolute Gasteiger partial charge is 0.497 e. The molecule has 0 spiro atoms. The van der Waals surface area contributed by atoms with Crippen LogP contribution < -0.4 is 24.4 Å². The number of benzene rings is 2. The molecule has 14 heteroatoms. The number of rotatable bonds is 15. The highest BCUT2D eigenvalue weighted by Gasteiger charge is 2.20. The topological polar surface area (TPSA) is 148 Å². The number of aliphatic hydroxyl groups excluding tert-OH is 1. The number of aryl methyl sites for hydroxylation is 1. The third-order valence-electron chi connectivity index (χ3n) is 7.67. The molecule has 1 unspecified atom stereocenters. The van der Waals surface area contributed by atoms with Crippen molar-refractivity contribution >= 4 is 35.0 Å². The van der Waals surface area contributed by atoms with Gasteiger partial charge in [0.05, 0.1) is 45.3 Å². The zero-order chi connectivity index (χ0) is 35.6.